The Labute approximate surface area is 180 Å². The highest BCUT2D eigenvalue weighted by atomic mass is 16.3. The van der Waals surface area contributed by atoms with Crippen molar-refractivity contribution in [3.63, 3.8) is 0 Å². The Balaban J connectivity index is 1.13. The van der Waals surface area contributed by atoms with E-state index in [1.165, 1.54) is 23.7 Å². The summed E-state index contributed by atoms with van der Waals surface area (Å²) < 4.78 is 5.02. The Morgan fingerprint density at radius 3 is 2.48 bits per heavy atom. The van der Waals surface area contributed by atoms with Gasteiger partial charge in [-0.1, -0.05) is 18.2 Å². The van der Waals surface area contributed by atoms with Crippen LogP contribution in [-0.2, 0) is 0 Å². The van der Waals surface area contributed by atoms with E-state index in [2.05, 4.69) is 16.4 Å². The van der Waals surface area contributed by atoms with Crippen LogP contribution in [0.3, 0.4) is 0 Å². The topological polar surface area (TPSA) is 78.7 Å². The van der Waals surface area contributed by atoms with Crippen molar-refractivity contribution < 1.29 is 14.0 Å². The third kappa shape index (κ3) is 4.03. The number of hydrogen-bond acceptors (Lipinski definition) is 4. The fourth-order valence-corrected chi connectivity index (χ4v) is 4.30. The highest BCUT2D eigenvalue weighted by Crippen LogP contribution is 2.30. The van der Waals surface area contributed by atoms with E-state index in [1.54, 1.807) is 12.3 Å². The number of nitrogens with one attached hydrogen (secondary N) is 1. The summed E-state index contributed by atoms with van der Waals surface area (Å²) in [4.78, 5) is 32.8. The van der Waals surface area contributed by atoms with Gasteiger partial charge in [0.15, 0.2) is 0 Å². The van der Waals surface area contributed by atoms with Gasteiger partial charge in [-0.25, -0.2) is 4.79 Å². The van der Waals surface area contributed by atoms with Gasteiger partial charge in [0.05, 0.1) is 11.8 Å². The lowest BCUT2D eigenvalue weighted by Gasteiger charge is -2.39. The maximum atomic E-state index is 12.5. The van der Waals surface area contributed by atoms with Crippen LogP contribution in [0.2, 0.25) is 0 Å². The van der Waals surface area contributed by atoms with Crippen LogP contribution in [-0.4, -0.2) is 52.9 Å². The van der Waals surface area contributed by atoms with Gasteiger partial charge in [0.25, 0.3) is 5.91 Å². The number of amides is 3. The summed E-state index contributed by atoms with van der Waals surface area (Å²) in [5.41, 5.74) is 3.73. The first-order valence-electron chi connectivity index (χ1n) is 10.5. The Morgan fingerprint density at radius 2 is 1.77 bits per heavy atom. The molecule has 2 aliphatic rings. The molecule has 1 atom stereocenters. The van der Waals surface area contributed by atoms with Gasteiger partial charge < -0.3 is 19.5 Å². The standard InChI is InChI=1S/C24H24N4O3/c29-23(20-8-11-31-16-20)27-10-7-19(13-27)17-3-5-22(6-4-17)26-24(30)28-14-21(15-28)18-2-1-9-25-12-18/h1-6,8-9,11-12,16,19,21H,7,10,13-15H2,(H,26,30). The molecule has 0 radical (unpaired) electrons. The third-order valence-electron chi connectivity index (χ3n) is 6.20. The second-order valence-corrected chi connectivity index (χ2v) is 8.19. The van der Waals surface area contributed by atoms with Gasteiger partial charge in [-0.05, 0) is 41.8 Å². The fourth-order valence-electron chi connectivity index (χ4n) is 4.30. The zero-order chi connectivity index (χ0) is 21.2. The lowest BCUT2D eigenvalue weighted by atomic mass is 9.93. The monoisotopic (exact) mass is 416 g/mol. The summed E-state index contributed by atoms with van der Waals surface area (Å²) in [6.07, 6.45) is 7.57. The molecule has 7 nitrogen and oxygen atoms in total. The van der Waals surface area contributed by atoms with E-state index >= 15 is 0 Å². The second-order valence-electron chi connectivity index (χ2n) is 8.19. The lowest BCUT2D eigenvalue weighted by molar-refractivity contribution is 0.0790. The van der Waals surface area contributed by atoms with Crippen molar-refractivity contribution in [2.75, 3.05) is 31.5 Å². The first-order valence-corrected chi connectivity index (χ1v) is 10.5. The van der Waals surface area contributed by atoms with Crippen molar-refractivity contribution in [1.82, 2.24) is 14.8 Å². The highest BCUT2D eigenvalue weighted by molar-refractivity contribution is 5.94. The van der Waals surface area contributed by atoms with E-state index in [4.69, 9.17) is 4.42 Å². The molecule has 0 saturated carbocycles. The number of carbonyl (C=O) groups is 2. The van der Waals surface area contributed by atoms with Crippen LogP contribution in [0.5, 0.6) is 0 Å². The average Bonchev–Trinajstić information content (AvgIpc) is 3.46. The molecule has 1 N–H and O–H groups in total. The largest absolute Gasteiger partial charge is 0.472 e. The maximum Gasteiger partial charge on any atom is 0.321 e. The zero-order valence-corrected chi connectivity index (χ0v) is 17.1. The SMILES string of the molecule is O=C(Nc1ccc(C2CCN(C(=O)c3ccoc3)C2)cc1)N1CC(c2cccnc2)C1. The molecule has 4 heterocycles. The molecule has 0 bridgehead atoms. The number of pyridine rings is 1. The van der Waals surface area contributed by atoms with Gasteiger partial charge in [-0.15, -0.1) is 0 Å². The summed E-state index contributed by atoms with van der Waals surface area (Å²) in [6, 6.07) is 13.6. The van der Waals surface area contributed by atoms with Crippen molar-refractivity contribution >= 4 is 17.6 Å². The van der Waals surface area contributed by atoms with Gasteiger partial charge in [0.2, 0.25) is 0 Å². The zero-order valence-electron chi connectivity index (χ0n) is 17.1. The Hall–Kier alpha value is -3.61. The van der Waals surface area contributed by atoms with E-state index in [0.29, 0.717) is 37.0 Å². The van der Waals surface area contributed by atoms with Crippen molar-refractivity contribution in [3.8, 4) is 0 Å². The number of furan rings is 1. The molecule has 7 heteroatoms. The number of aromatic nitrogens is 1. The number of rotatable bonds is 4. The quantitative estimate of drug-likeness (QED) is 0.699. The molecule has 0 spiro atoms. The Bertz CT molecular complexity index is 1040. The number of anilines is 1. The van der Waals surface area contributed by atoms with E-state index in [9.17, 15) is 9.59 Å². The van der Waals surface area contributed by atoms with Crippen LogP contribution in [0, 0.1) is 0 Å². The molecular weight excluding hydrogens is 392 g/mol. The van der Waals surface area contributed by atoms with Gasteiger partial charge in [-0.2, -0.15) is 0 Å². The summed E-state index contributed by atoms with van der Waals surface area (Å²) >= 11 is 0. The number of likely N-dealkylation sites (tertiary alicyclic amines) is 2. The Kier molecular flexibility index (Phi) is 5.16. The molecule has 3 amide bonds. The molecule has 1 unspecified atom stereocenters. The Morgan fingerprint density at radius 1 is 0.968 bits per heavy atom. The minimum absolute atomic E-state index is 0.0132. The van der Waals surface area contributed by atoms with Gasteiger partial charge in [-0.3, -0.25) is 9.78 Å². The molecular formula is C24H24N4O3. The van der Waals surface area contributed by atoms with Crippen LogP contribution < -0.4 is 5.32 Å². The number of nitrogens with zero attached hydrogens (tertiary/aromatic N) is 3. The van der Waals surface area contributed by atoms with Gasteiger partial charge in [0, 0.05) is 56.1 Å². The average molecular weight is 416 g/mol. The van der Waals surface area contributed by atoms with Crippen LogP contribution in [0.25, 0.3) is 0 Å². The molecule has 2 aromatic heterocycles. The molecule has 5 rings (SSSR count). The summed E-state index contributed by atoms with van der Waals surface area (Å²) in [6.45, 7) is 2.84. The number of urea groups is 1. The van der Waals surface area contributed by atoms with E-state index in [-0.39, 0.29) is 11.9 Å². The number of hydrogen-bond donors (Lipinski definition) is 1. The minimum Gasteiger partial charge on any atom is -0.472 e. The fraction of sp³-hybridized carbons (Fsp3) is 0.292. The molecule has 158 valence electrons. The first kappa shape index (κ1) is 19.4. The summed E-state index contributed by atoms with van der Waals surface area (Å²) in [5.74, 6) is 0.674. The summed E-state index contributed by atoms with van der Waals surface area (Å²) in [7, 11) is 0. The molecule has 1 aromatic carbocycles. The molecule has 3 aromatic rings. The van der Waals surface area contributed by atoms with Crippen molar-refractivity contribution in [2.24, 2.45) is 0 Å². The predicted octanol–water partition coefficient (Wildman–Crippen LogP) is 3.94. The number of benzene rings is 1. The molecule has 2 fully saturated rings. The first-order chi connectivity index (χ1) is 15.2. The third-order valence-corrected chi connectivity index (χ3v) is 6.20. The number of carbonyl (C=O) groups excluding carboxylic acids is 2. The van der Waals surface area contributed by atoms with Crippen molar-refractivity contribution in [3.05, 3.63) is 84.1 Å². The molecule has 0 aliphatic carbocycles. The normalized spacial score (nSPS) is 18.6. The highest BCUT2D eigenvalue weighted by Gasteiger charge is 2.32. The van der Waals surface area contributed by atoms with Gasteiger partial charge >= 0.3 is 6.03 Å². The maximum absolute atomic E-state index is 12.5. The van der Waals surface area contributed by atoms with E-state index < -0.39 is 0 Å². The van der Waals surface area contributed by atoms with Crippen LogP contribution >= 0.6 is 0 Å². The van der Waals surface area contributed by atoms with Crippen LogP contribution in [0.1, 0.15) is 39.7 Å². The van der Waals surface area contributed by atoms with Crippen molar-refractivity contribution in [1.29, 1.82) is 0 Å². The second kappa shape index (κ2) is 8.26. The smallest absolute Gasteiger partial charge is 0.321 e. The molecule has 2 aliphatic heterocycles. The van der Waals surface area contributed by atoms with E-state index in [1.807, 2.05) is 46.3 Å². The predicted molar refractivity (Wildman–Crippen MR) is 116 cm³/mol. The lowest BCUT2D eigenvalue weighted by Crippen LogP contribution is -2.50. The van der Waals surface area contributed by atoms with Crippen LogP contribution in [0.15, 0.2) is 71.8 Å². The van der Waals surface area contributed by atoms with Crippen LogP contribution in [0.4, 0.5) is 10.5 Å². The molecule has 2 saturated heterocycles. The van der Waals surface area contributed by atoms with E-state index in [0.717, 1.165) is 18.7 Å². The van der Waals surface area contributed by atoms with Crippen molar-refractivity contribution in [2.45, 2.75) is 18.3 Å². The molecule has 31 heavy (non-hydrogen) atoms. The van der Waals surface area contributed by atoms with Gasteiger partial charge in [0.1, 0.15) is 6.26 Å². The summed E-state index contributed by atoms with van der Waals surface area (Å²) in [5, 5.41) is 2.98. The minimum atomic E-state index is -0.0781.